The zero-order valence-corrected chi connectivity index (χ0v) is 17.0. The minimum Gasteiger partial charge on any atom is -0.465 e. The predicted molar refractivity (Wildman–Crippen MR) is 101 cm³/mol. The second kappa shape index (κ2) is 8.59. The molecule has 2 atom stereocenters. The summed E-state index contributed by atoms with van der Waals surface area (Å²) in [5.41, 5.74) is 1.49. The molecule has 0 bridgehead atoms. The van der Waals surface area contributed by atoms with Crippen LogP contribution >= 0.6 is 0 Å². The van der Waals surface area contributed by atoms with Crippen LogP contribution in [0.1, 0.15) is 72.1 Å². The molecule has 1 aliphatic heterocycles. The summed E-state index contributed by atoms with van der Waals surface area (Å²) in [4.78, 5) is 42.4. The number of H-pyrrole nitrogens is 1. The molecule has 1 amide bonds. The van der Waals surface area contributed by atoms with Gasteiger partial charge in [0.05, 0.1) is 12.7 Å². The van der Waals surface area contributed by atoms with Crippen LogP contribution in [0.4, 0.5) is 0 Å². The van der Waals surface area contributed by atoms with E-state index < -0.39 is 18.0 Å². The number of aromatic amines is 1. The first-order valence-corrected chi connectivity index (χ1v) is 9.47. The lowest BCUT2D eigenvalue weighted by molar-refractivity contribution is -0.146. The summed E-state index contributed by atoms with van der Waals surface area (Å²) in [6.07, 6.45) is 2.17. The van der Waals surface area contributed by atoms with Crippen LogP contribution in [0.2, 0.25) is 0 Å². The maximum atomic E-state index is 13.0. The quantitative estimate of drug-likeness (QED) is 0.796. The second-order valence-corrected chi connectivity index (χ2v) is 7.56. The van der Waals surface area contributed by atoms with Crippen molar-refractivity contribution in [1.29, 1.82) is 0 Å². The SMILES string of the molecule is COC(=O)c1c(C)[nH]c(C(=O)OC(C(=O)N2CCCCC2C)C(C)C)c1C. The zero-order valence-electron chi connectivity index (χ0n) is 17.0. The molecule has 2 rings (SSSR count). The number of hydrogen-bond acceptors (Lipinski definition) is 5. The van der Waals surface area contributed by atoms with Crippen molar-refractivity contribution in [3.63, 3.8) is 0 Å². The summed E-state index contributed by atoms with van der Waals surface area (Å²) in [6.45, 7) is 9.78. The summed E-state index contributed by atoms with van der Waals surface area (Å²) in [7, 11) is 1.29. The van der Waals surface area contributed by atoms with Crippen LogP contribution in [0.5, 0.6) is 0 Å². The summed E-state index contributed by atoms with van der Waals surface area (Å²) in [6, 6.07) is 0.145. The van der Waals surface area contributed by atoms with E-state index in [0.29, 0.717) is 23.4 Å². The molecule has 1 N–H and O–H groups in total. The van der Waals surface area contributed by atoms with Crippen LogP contribution in [-0.4, -0.2) is 53.5 Å². The van der Waals surface area contributed by atoms with Gasteiger partial charge in [-0.3, -0.25) is 4.79 Å². The lowest BCUT2D eigenvalue weighted by Gasteiger charge is -2.36. The monoisotopic (exact) mass is 378 g/mol. The summed E-state index contributed by atoms with van der Waals surface area (Å²) in [5.74, 6) is -1.46. The first-order chi connectivity index (χ1) is 12.7. The van der Waals surface area contributed by atoms with Crippen LogP contribution < -0.4 is 0 Å². The number of piperidine rings is 1. The van der Waals surface area contributed by atoms with Crippen LogP contribution in [-0.2, 0) is 14.3 Å². The summed E-state index contributed by atoms with van der Waals surface area (Å²) >= 11 is 0. The van der Waals surface area contributed by atoms with Crippen molar-refractivity contribution in [2.75, 3.05) is 13.7 Å². The van der Waals surface area contributed by atoms with Gasteiger partial charge in [-0.05, 0) is 51.5 Å². The van der Waals surface area contributed by atoms with Crippen molar-refractivity contribution in [3.05, 3.63) is 22.5 Å². The lowest BCUT2D eigenvalue weighted by atomic mass is 10.00. The Morgan fingerprint density at radius 1 is 1.15 bits per heavy atom. The fourth-order valence-electron chi connectivity index (χ4n) is 3.60. The lowest BCUT2D eigenvalue weighted by Crippen LogP contribution is -2.49. The van der Waals surface area contributed by atoms with E-state index in [0.717, 1.165) is 19.3 Å². The van der Waals surface area contributed by atoms with Gasteiger partial charge in [-0.25, -0.2) is 9.59 Å². The second-order valence-electron chi connectivity index (χ2n) is 7.56. The average molecular weight is 378 g/mol. The number of aromatic nitrogens is 1. The molecule has 2 unspecified atom stereocenters. The molecule has 27 heavy (non-hydrogen) atoms. The van der Waals surface area contributed by atoms with Gasteiger partial charge >= 0.3 is 11.9 Å². The third kappa shape index (κ3) is 4.34. The highest BCUT2D eigenvalue weighted by Gasteiger charge is 2.35. The standard InChI is InChI=1S/C20H30N2O5/c1-11(2)17(18(23)22-10-8-7-9-12(22)3)27-20(25)16-13(4)15(14(5)21-16)19(24)26-6/h11-12,17,21H,7-10H2,1-6H3. The number of aryl methyl sites for hydroxylation is 1. The topological polar surface area (TPSA) is 88.7 Å². The zero-order chi connectivity index (χ0) is 20.3. The highest BCUT2D eigenvalue weighted by molar-refractivity contribution is 5.99. The predicted octanol–water partition coefficient (Wildman–Crippen LogP) is 3.00. The van der Waals surface area contributed by atoms with Gasteiger partial charge in [-0.2, -0.15) is 0 Å². The molecule has 0 aromatic carbocycles. The molecule has 1 aromatic rings. The fourth-order valence-corrected chi connectivity index (χ4v) is 3.60. The Hall–Kier alpha value is -2.31. The number of ether oxygens (including phenoxy) is 2. The molecule has 1 saturated heterocycles. The Morgan fingerprint density at radius 3 is 2.37 bits per heavy atom. The van der Waals surface area contributed by atoms with E-state index in [-0.39, 0.29) is 23.6 Å². The van der Waals surface area contributed by atoms with Crippen LogP contribution in [0.15, 0.2) is 0 Å². The molecule has 2 heterocycles. The molecule has 0 aliphatic carbocycles. The summed E-state index contributed by atoms with van der Waals surface area (Å²) in [5, 5.41) is 0. The molecule has 7 heteroatoms. The van der Waals surface area contributed by atoms with Gasteiger partial charge < -0.3 is 19.4 Å². The van der Waals surface area contributed by atoms with Crippen LogP contribution in [0.3, 0.4) is 0 Å². The van der Waals surface area contributed by atoms with E-state index in [4.69, 9.17) is 9.47 Å². The van der Waals surface area contributed by atoms with Gasteiger partial charge in [0, 0.05) is 18.3 Å². The molecule has 150 valence electrons. The van der Waals surface area contributed by atoms with Gasteiger partial charge in [0.15, 0.2) is 6.10 Å². The maximum Gasteiger partial charge on any atom is 0.355 e. The number of amides is 1. The third-order valence-corrected chi connectivity index (χ3v) is 5.20. The van der Waals surface area contributed by atoms with E-state index >= 15 is 0 Å². The number of hydrogen-bond donors (Lipinski definition) is 1. The smallest absolute Gasteiger partial charge is 0.355 e. The number of carbonyl (C=O) groups is 3. The molecule has 1 aliphatic rings. The van der Waals surface area contributed by atoms with Crippen LogP contribution in [0, 0.1) is 19.8 Å². The van der Waals surface area contributed by atoms with Crippen molar-refractivity contribution in [3.8, 4) is 0 Å². The third-order valence-electron chi connectivity index (χ3n) is 5.20. The normalized spacial score (nSPS) is 18.3. The minimum atomic E-state index is -0.859. The largest absolute Gasteiger partial charge is 0.465 e. The highest BCUT2D eigenvalue weighted by atomic mass is 16.5. The first kappa shape index (κ1) is 21.0. The van der Waals surface area contributed by atoms with Gasteiger partial charge in [0.1, 0.15) is 5.69 Å². The number of carbonyl (C=O) groups excluding carboxylic acids is 3. The minimum absolute atomic E-state index is 0.145. The number of nitrogens with one attached hydrogen (secondary N) is 1. The highest BCUT2D eigenvalue weighted by Crippen LogP contribution is 2.23. The van der Waals surface area contributed by atoms with E-state index in [2.05, 4.69) is 4.98 Å². The van der Waals surface area contributed by atoms with Crippen molar-refractivity contribution < 1.29 is 23.9 Å². The molecular weight excluding hydrogens is 348 g/mol. The number of likely N-dealkylation sites (tertiary alicyclic amines) is 1. The number of esters is 2. The molecule has 0 saturated carbocycles. The van der Waals surface area contributed by atoms with E-state index in [1.807, 2.05) is 25.7 Å². The molecule has 0 spiro atoms. The first-order valence-electron chi connectivity index (χ1n) is 9.47. The van der Waals surface area contributed by atoms with Gasteiger partial charge in [0.2, 0.25) is 0 Å². The Kier molecular flexibility index (Phi) is 6.68. The molecule has 1 aromatic heterocycles. The Balaban J connectivity index is 2.23. The van der Waals surface area contributed by atoms with Gasteiger partial charge in [0.25, 0.3) is 5.91 Å². The average Bonchev–Trinajstić information content (AvgIpc) is 2.93. The number of nitrogens with zero attached hydrogens (tertiary/aromatic N) is 1. The Morgan fingerprint density at radius 2 is 1.81 bits per heavy atom. The van der Waals surface area contributed by atoms with Crippen molar-refractivity contribution >= 4 is 17.8 Å². The van der Waals surface area contributed by atoms with E-state index in [1.165, 1.54) is 7.11 Å². The van der Waals surface area contributed by atoms with Crippen LogP contribution in [0.25, 0.3) is 0 Å². The van der Waals surface area contributed by atoms with Gasteiger partial charge in [-0.15, -0.1) is 0 Å². The Bertz CT molecular complexity index is 722. The van der Waals surface area contributed by atoms with Gasteiger partial charge in [-0.1, -0.05) is 13.8 Å². The van der Waals surface area contributed by atoms with E-state index in [9.17, 15) is 14.4 Å². The number of rotatable bonds is 5. The number of methoxy groups -OCH3 is 1. The maximum absolute atomic E-state index is 13.0. The Labute approximate surface area is 160 Å². The fraction of sp³-hybridized carbons (Fsp3) is 0.650. The molecular formula is C20H30N2O5. The molecule has 0 radical (unpaired) electrons. The summed E-state index contributed by atoms with van der Waals surface area (Å²) < 4.78 is 10.4. The molecule has 1 fully saturated rings. The van der Waals surface area contributed by atoms with E-state index in [1.54, 1.807) is 13.8 Å². The van der Waals surface area contributed by atoms with Crippen molar-refractivity contribution in [2.45, 2.75) is 66.0 Å². The van der Waals surface area contributed by atoms with Crippen molar-refractivity contribution in [1.82, 2.24) is 9.88 Å². The molecule has 7 nitrogen and oxygen atoms in total. The van der Waals surface area contributed by atoms with Crippen molar-refractivity contribution in [2.24, 2.45) is 5.92 Å².